The molecule has 1 fully saturated rings. The van der Waals surface area contributed by atoms with Gasteiger partial charge in [0.05, 0.1) is 6.20 Å². The lowest BCUT2D eigenvalue weighted by atomic mass is 9.98. The van der Waals surface area contributed by atoms with Crippen LogP contribution in [-0.2, 0) is 11.3 Å². The number of rotatable bonds is 3. The predicted octanol–water partition coefficient (Wildman–Crippen LogP) is 3.15. The van der Waals surface area contributed by atoms with Gasteiger partial charge in [0.25, 0.3) is 0 Å². The van der Waals surface area contributed by atoms with Gasteiger partial charge in [0.1, 0.15) is 5.82 Å². The molecule has 0 bridgehead atoms. The molecule has 1 amide bonds. The van der Waals surface area contributed by atoms with Crippen molar-refractivity contribution >= 4 is 5.91 Å². The van der Waals surface area contributed by atoms with Gasteiger partial charge in [-0.2, -0.15) is 0 Å². The number of nitrogens with zero attached hydrogens (tertiary/aromatic N) is 2. The Morgan fingerprint density at radius 2 is 1.83 bits per heavy atom. The summed E-state index contributed by atoms with van der Waals surface area (Å²) in [6, 6.07) is 3.26. The Morgan fingerprint density at radius 1 is 1.13 bits per heavy atom. The van der Waals surface area contributed by atoms with Crippen molar-refractivity contribution < 1.29 is 22.4 Å². The lowest BCUT2D eigenvalue weighted by Gasteiger charge is -2.17. The lowest BCUT2D eigenvalue weighted by molar-refractivity contribution is -0.128. The number of hydrogen-bond acceptors (Lipinski definition) is 2. The molecule has 2 aromatic rings. The van der Waals surface area contributed by atoms with Crippen LogP contribution in [0.15, 0.2) is 30.6 Å². The van der Waals surface area contributed by atoms with E-state index in [1.54, 1.807) is 0 Å². The Morgan fingerprint density at radius 3 is 2.48 bits per heavy atom. The molecule has 1 aliphatic rings. The second kappa shape index (κ2) is 5.98. The minimum absolute atomic E-state index is 0.0389. The van der Waals surface area contributed by atoms with Gasteiger partial charge in [-0.1, -0.05) is 0 Å². The fourth-order valence-corrected chi connectivity index (χ4v) is 2.70. The number of hydrogen-bond donors (Lipinski definition) is 0. The standard InChI is InChI=1S/C16H12F4N2O/c17-12-3-10(4-13(18)16(12)20)11-5-15(23)22(8-11)7-9-1-2-21-6-14(9)19/h1-4,6,11H,5,7-8H2/i20-1. The number of halogens is 4. The van der Waals surface area contributed by atoms with Gasteiger partial charge in [-0.25, -0.2) is 17.6 Å². The Bertz CT molecular complexity index is 742. The molecular formula is C16H12F4N2O. The minimum atomic E-state index is -1.53. The summed E-state index contributed by atoms with van der Waals surface area (Å²) in [6.45, 7) is 0.237. The highest BCUT2D eigenvalue weighted by atomic mass is 19.1. The van der Waals surface area contributed by atoms with Gasteiger partial charge >= 0.3 is 0 Å². The molecule has 1 atom stereocenters. The first-order valence-corrected chi connectivity index (χ1v) is 6.96. The van der Waals surface area contributed by atoms with Crippen LogP contribution in [0.5, 0.6) is 0 Å². The normalized spacial score (nSPS) is 17.8. The molecule has 2 heterocycles. The summed E-state index contributed by atoms with van der Waals surface area (Å²) in [5, 5.41) is 0. The molecule has 23 heavy (non-hydrogen) atoms. The van der Waals surface area contributed by atoms with Crippen LogP contribution in [-0.4, -0.2) is 22.3 Å². The van der Waals surface area contributed by atoms with Crippen LogP contribution < -0.4 is 0 Å². The molecule has 1 aromatic heterocycles. The van der Waals surface area contributed by atoms with Gasteiger partial charge in [0, 0.05) is 37.2 Å². The van der Waals surface area contributed by atoms with Crippen molar-refractivity contribution in [3.8, 4) is 0 Å². The van der Waals surface area contributed by atoms with E-state index >= 15 is 0 Å². The molecule has 0 saturated carbocycles. The van der Waals surface area contributed by atoms with Crippen LogP contribution in [0.4, 0.5) is 17.6 Å². The Kier molecular flexibility index (Phi) is 4.02. The van der Waals surface area contributed by atoms with E-state index in [0.717, 1.165) is 18.3 Å². The molecule has 1 aromatic carbocycles. The minimum Gasteiger partial charge on any atom is -0.338 e. The van der Waals surface area contributed by atoms with E-state index in [0.29, 0.717) is 5.56 Å². The summed E-state index contributed by atoms with van der Waals surface area (Å²) >= 11 is 0. The summed E-state index contributed by atoms with van der Waals surface area (Å²) < 4.78 is 53.2. The molecule has 0 aliphatic carbocycles. The second-order valence-electron chi connectivity index (χ2n) is 5.44. The summed E-state index contributed by atoms with van der Waals surface area (Å²) in [5.41, 5.74) is 0.526. The van der Waals surface area contributed by atoms with Gasteiger partial charge in [-0.05, 0) is 23.8 Å². The predicted molar refractivity (Wildman–Crippen MR) is 73.3 cm³/mol. The highest BCUT2D eigenvalue weighted by Crippen LogP contribution is 2.31. The van der Waals surface area contributed by atoms with Crippen molar-refractivity contribution in [1.82, 2.24) is 9.88 Å². The van der Waals surface area contributed by atoms with Gasteiger partial charge in [0.2, 0.25) is 5.91 Å². The number of carbonyl (C=O) groups excluding carboxylic acids is 1. The Balaban J connectivity index is 1.79. The van der Waals surface area contributed by atoms with Crippen molar-refractivity contribution in [2.45, 2.75) is 18.9 Å². The van der Waals surface area contributed by atoms with Crippen LogP contribution in [0.3, 0.4) is 0 Å². The molecule has 1 aliphatic heterocycles. The number of carbonyl (C=O) groups is 1. The highest BCUT2D eigenvalue weighted by molar-refractivity contribution is 5.79. The first-order chi connectivity index (χ1) is 11.0. The first kappa shape index (κ1) is 15.5. The van der Waals surface area contributed by atoms with Crippen LogP contribution in [0.2, 0.25) is 0 Å². The highest BCUT2D eigenvalue weighted by Gasteiger charge is 2.32. The number of amides is 1. The monoisotopic (exact) mass is 323 g/mol. The Labute approximate surface area is 129 Å². The average Bonchev–Trinajstić information content (AvgIpc) is 2.88. The maximum absolute atomic E-state index is 13.6. The maximum Gasteiger partial charge on any atom is 0.223 e. The number of aromatic nitrogens is 1. The molecular weight excluding hydrogens is 311 g/mol. The number of likely N-dealkylation sites (tertiary alicyclic amines) is 1. The van der Waals surface area contributed by atoms with E-state index in [1.165, 1.54) is 17.2 Å². The van der Waals surface area contributed by atoms with E-state index in [2.05, 4.69) is 4.98 Å². The third kappa shape index (κ3) is 3.04. The van der Waals surface area contributed by atoms with Crippen molar-refractivity contribution in [2.75, 3.05) is 6.54 Å². The summed E-state index contributed by atoms with van der Waals surface area (Å²) in [5.74, 6) is -5.35. The van der Waals surface area contributed by atoms with E-state index in [-0.39, 0.29) is 31.0 Å². The summed E-state index contributed by atoms with van der Waals surface area (Å²) in [6.07, 6.45) is 2.51. The van der Waals surface area contributed by atoms with E-state index in [9.17, 15) is 22.4 Å². The smallest absolute Gasteiger partial charge is 0.223 e. The number of benzene rings is 1. The molecule has 0 radical (unpaired) electrons. The molecule has 1 saturated heterocycles. The largest absolute Gasteiger partial charge is 0.338 e. The van der Waals surface area contributed by atoms with Crippen LogP contribution in [0.1, 0.15) is 23.5 Å². The van der Waals surface area contributed by atoms with Crippen LogP contribution in [0.25, 0.3) is 0 Å². The van der Waals surface area contributed by atoms with Crippen LogP contribution >= 0.6 is 0 Å². The summed E-state index contributed by atoms with van der Waals surface area (Å²) in [7, 11) is 0. The molecule has 3 rings (SSSR count). The first-order valence-electron chi connectivity index (χ1n) is 6.96. The third-order valence-electron chi connectivity index (χ3n) is 3.91. The number of pyridine rings is 1. The fourth-order valence-electron chi connectivity index (χ4n) is 2.70. The zero-order chi connectivity index (χ0) is 16.6. The second-order valence-corrected chi connectivity index (χ2v) is 5.44. The fraction of sp³-hybridized carbons (Fsp3) is 0.250. The maximum atomic E-state index is 13.6. The third-order valence-corrected chi connectivity index (χ3v) is 3.91. The van der Waals surface area contributed by atoms with Gasteiger partial charge in [-0.15, -0.1) is 0 Å². The molecule has 3 nitrogen and oxygen atoms in total. The molecule has 1 unspecified atom stereocenters. The van der Waals surface area contributed by atoms with Crippen molar-refractivity contribution in [3.05, 3.63) is 65.0 Å². The SMILES string of the molecule is O=C1CC(c2cc(F)c([18F])c(F)c2)CN1Cc1ccncc1F. The summed E-state index contributed by atoms with van der Waals surface area (Å²) in [4.78, 5) is 17.1. The molecule has 7 heteroatoms. The van der Waals surface area contributed by atoms with Crippen molar-refractivity contribution in [2.24, 2.45) is 0 Å². The van der Waals surface area contributed by atoms with Crippen LogP contribution in [0, 0.1) is 23.3 Å². The van der Waals surface area contributed by atoms with E-state index in [4.69, 9.17) is 0 Å². The molecule has 0 spiro atoms. The van der Waals surface area contributed by atoms with Gasteiger partial charge in [-0.3, -0.25) is 9.78 Å². The van der Waals surface area contributed by atoms with Crippen molar-refractivity contribution in [3.63, 3.8) is 0 Å². The van der Waals surface area contributed by atoms with Gasteiger partial charge < -0.3 is 4.90 Å². The van der Waals surface area contributed by atoms with E-state index in [1.807, 2.05) is 0 Å². The zero-order valence-corrected chi connectivity index (χ0v) is 11.9. The quantitative estimate of drug-likeness (QED) is 0.642. The van der Waals surface area contributed by atoms with Gasteiger partial charge in [0.15, 0.2) is 17.5 Å². The van der Waals surface area contributed by atoms with Crippen molar-refractivity contribution in [1.29, 1.82) is 0 Å². The topological polar surface area (TPSA) is 33.2 Å². The lowest BCUT2D eigenvalue weighted by Crippen LogP contribution is -2.25. The average molecular weight is 323 g/mol. The Hall–Kier alpha value is -2.44. The molecule has 0 N–H and O–H groups in total. The molecule has 120 valence electrons. The van der Waals surface area contributed by atoms with E-state index < -0.39 is 29.2 Å². The zero-order valence-electron chi connectivity index (χ0n) is 11.9.